The molecule has 7 rings (SSSR count). The van der Waals surface area contributed by atoms with Crippen molar-refractivity contribution in [1.29, 1.82) is 0 Å². The van der Waals surface area contributed by atoms with Gasteiger partial charge in [-0.15, -0.1) is 0 Å². The molecule has 11 atom stereocenters. The minimum Gasteiger partial charge on any atom is -0.458 e. The van der Waals surface area contributed by atoms with Gasteiger partial charge >= 0.3 is 29.8 Å². The van der Waals surface area contributed by atoms with Crippen LogP contribution < -0.4 is 5.32 Å². The second kappa shape index (κ2) is 19.5. The van der Waals surface area contributed by atoms with Gasteiger partial charge in [0.05, 0.1) is 29.5 Å². The van der Waals surface area contributed by atoms with Crippen molar-refractivity contribution < 1.29 is 72.2 Å². The quantitative estimate of drug-likeness (QED) is 0.0815. The summed E-state index contributed by atoms with van der Waals surface area (Å²) in [6.45, 7) is 11.8. The van der Waals surface area contributed by atoms with Crippen molar-refractivity contribution >= 4 is 41.5 Å². The lowest BCUT2D eigenvalue weighted by Gasteiger charge is -2.67. The molecule has 366 valence electrons. The minimum atomic E-state index is -2.45. The molecule has 3 fully saturated rings. The number of carbonyl (C=O) groups is 7. The number of ether oxygens (including phenoxy) is 6. The van der Waals surface area contributed by atoms with E-state index >= 15 is 4.79 Å². The van der Waals surface area contributed by atoms with Crippen molar-refractivity contribution in [3.63, 3.8) is 0 Å². The monoisotopic (exact) mass is 949 g/mol. The lowest BCUT2D eigenvalue weighted by Crippen LogP contribution is -2.82. The zero-order chi connectivity index (χ0) is 50.2. The van der Waals surface area contributed by atoms with E-state index in [1.165, 1.54) is 39.0 Å². The number of nitrogens with one attached hydrogen (secondary N) is 1. The third-order valence-corrected chi connectivity index (χ3v) is 14.4. The van der Waals surface area contributed by atoms with Crippen molar-refractivity contribution in [2.45, 2.75) is 129 Å². The molecule has 0 aromatic heterocycles. The van der Waals surface area contributed by atoms with Gasteiger partial charge in [-0.3, -0.25) is 19.2 Å². The maximum Gasteiger partial charge on any atom is 0.338 e. The number of hydrogen-bond donors (Lipinski definition) is 3. The molecule has 1 heterocycles. The number of esters is 5. The first-order valence-electron chi connectivity index (χ1n) is 23.0. The molecule has 2 bridgehead atoms. The van der Waals surface area contributed by atoms with E-state index in [0.717, 1.165) is 6.92 Å². The van der Waals surface area contributed by atoms with Crippen LogP contribution in [0.1, 0.15) is 107 Å². The van der Waals surface area contributed by atoms with E-state index in [0.29, 0.717) is 11.1 Å². The van der Waals surface area contributed by atoms with Crippen LogP contribution in [0.15, 0.2) is 114 Å². The van der Waals surface area contributed by atoms with Crippen LogP contribution in [-0.2, 0) is 52.4 Å². The summed E-state index contributed by atoms with van der Waals surface area (Å²) in [5, 5.41) is 28.7. The first-order valence-corrected chi connectivity index (χ1v) is 23.0. The Labute approximate surface area is 400 Å². The zero-order valence-electron chi connectivity index (χ0n) is 39.9. The third kappa shape index (κ3) is 9.12. The maximum atomic E-state index is 16.2. The Kier molecular flexibility index (Phi) is 14.2. The molecule has 1 saturated heterocycles. The van der Waals surface area contributed by atoms with Crippen molar-refractivity contribution in [3.05, 3.63) is 130 Å². The normalized spacial score (nSPS) is 29.6. The maximum absolute atomic E-state index is 16.2. The summed E-state index contributed by atoms with van der Waals surface area (Å²) < 4.78 is 37.3. The summed E-state index contributed by atoms with van der Waals surface area (Å²) in [6, 6.07) is 22.9. The fourth-order valence-corrected chi connectivity index (χ4v) is 10.8. The van der Waals surface area contributed by atoms with Crippen LogP contribution in [0.2, 0.25) is 0 Å². The highest BCUT2D eigenvalue weighted by molar-refractivity contribution is 5.97. The molecule has 0 spiro atoms. The van der Waals surface area contributed by atoms with E-state index in [2.05, 4.69) is 5.32 Å². The number of ketones is 1. The SMILES string of the molecule is CCC(=O)O[C@H]1C(=O)[C@]2(C)[C@@H](OC(=O)C=C(C)C)C[C@H]3OC[C@@]3(OC(C)=O)[C@H]2[C@H](OC(=O)c2ccccc2)[C@]2(O)C[C@H](OC(=O)[C@H](O)[C@@H](NC(=O)c3ccccc3)c3ccccc3)C(C)=C1C2(C)C. The number of aliphatic hydroxyl groups is 2. The average Bonchev–Trinajstić information content (AvgIpc) is 3.31. The van der Waals surface area contributed by atoms with Crippen molar-refractivity contribution in [2.24, 2.45) is 16.7 Å². The van der Waals surface area contributed by atoms with Gasteiger partial charge in [0.15, 0.2) is 23.6 Å². The number of allylic oxidation sites excluding steroid dienone is 1. The molecule has 3 aromatic rings. The summed E-state index contributed by atoms with van der Waals surface area (Å²) in [5.41, 5.74) is -6.76. The molecule has 3 aromatic carbocycles. The predicted molar refractivity (Wildman–Crippen MR) is 246 cm³/mol. The predicted octanol–water partition coefficient (Wildman–Crippen LogP) is 5.64. The van der Waals surface area contributed by atoms with Gasteiger partial charge in [0.2, 0.25) is 0 Å². The molecule has 1 amide bonds. The Bertz CT molecular complexity index is 2550. The number of hydrogen-bond acceptors (Lipinski definition) is 15. The van der Waals surface area contributed by atoms with Crippen molar-refractivity contribution in [2.75, 3.05) is 6.61 Å². The van der Waals surface area contributed by atoms with Crippen LogP contribution in [0.25, 0.3) is 0 Å². The molecule has 2 saturated carbocycles. The third-order valence-electron chi connectivity index (χ3n) is 14.4. The van der Waals surface area contributed by atoms with Gasteiger partial charge in [0.25, 0.3) is 5.91 Å². The summed E-state index contributed by atoms with van der Waals surface area (Å²) in [4.78, 5) is 99.3. The average molecular weight is 950 g/mol. The zero-order valence-corrected chi connectivity index (χ0v) is 39.9. The topological polar surface area (TPSA) is 227 Å². The highest BCUT2D eigenvalue weighted by Crippen LogP contribution is 2.65. The molecule has 4 aliphatic rings. The van der Waals surface area contributed by atoms with Gasteiger partial charge in [0, 0.05) is 43.2 Å². The highest BCUT2D eigenvalue weighted by Gasteiger charge is 2.79. The Morgan fingerprint density at radius 3 is 1.99 bits per heavy atom. The summed E-state index contributed by atoms with van der Waals surface area (Å²) in [7, 11) is 0. The van der Waals surface area contributed by atoms with E-state index in [1.54, 1.807) is 107 Å². The molecular weight excluding hydrogens is 891 g/mol. The van der Waals surface area contributed by atoms with E-state index in [-0.39, 0.29) is 41.7 Å². The summed E-state index contributed by atoms with van der Waals surface area (Å²) in [6.07, 6.45) is -9.62. The summed E-state index contributed by atoms with van der Waals surface area (Å²) >= 11 is 0. The Hall–Kier alpha value is -6.49. The van der Waals surface area contributed by atoms with E-state index < -0.39 is 119 Å². The first kappa shape index (κ1) is 50.4. The Morgan fingerprint density at radius 2 is 1.43 bits per heavy atom. The summed E-state index contributed by atoms with van der Waals surface area (Å²) in [5.74, 6) is -7.74. The van der Waals surface area contributed by atoms with Crippen LogP contribution in [-0.4, -0.2) is 106 Å². The van der Waals surface area contributed by atoms with Gasteiger partial charge in [0.1, 0.15) is 30.0 Å². The molecular formula is C53H59NO15. The number of fused-ring (bicyclic) bond motifs is 5. The molecule has 16 heteroatoms. The fourth-order valence-electron chi connectivity index (χ4n) is 10.8. The number of amides is 1. The fraction of sp³-hybridized carbons (Fsp3) is 0.453. The Morgan fingerprint density at radius 1 is 0.841 bits per heavy atom. The minimum absolute atomic E-state index is 0.0179. The van der Waals surface area contributed by atoms with Gasteiger partial charge in [-0.2, -0.15) is 0 Å². The second-order valence-electron chi connectivity index (χ2n) is 19.2. The first-order chi connectivity index (χ1) is 32.6. The molecule has 1 aliphatic heterocycles. The van der Waals surface area contributed by atoms with Crippen molar-refractivity contribution in [3.8, 4) is 0 Å². The van der Waals surface area contributed by atoms with E-state index in [9.17, 15) is 39.0 Å². The van der Waals surface area contributed by atoms with E-state index in [1.807, 2.05) is 0 Å². The number of carbonyl (C=O) groups excluding carboxylic acids is 7. The molecule has 3 N–H and O–H groups in total. The lowest BCUT2D eigenvalue weighted by atomic mass is 9.44. The van der Waals surface area contributed by atoms with E-state index in [4.69, 9.17) is 28.4 Å². The van der Waals surface area contributed by atoms with Crippen LogP contribution in [0.3, 0.4) is 0 Å². The van der Waals surface area contributed by atoms with Crippen LogP contribution in [0, 0.1) is 16.7 Å². The highest BCUT2D eigenvalue weighted by atomic mass is 16.6. The van der Waals surface area contributed by atoms with Crippen molar-refractivity contribution in [1.82, 2.24) is 5.32 Å². The van der Waals surface area contributed by atoms with Gasteiger partial charge in [-0.25, -0.2) is 14.4 Å². The molecule has 69 heavy (non-hydrogen) atoms. The van der Waals surface area contributed by atoms with Gasteiger partial charge in [-0.1, -0.05) is 93.1 Å². The van der Waals surface area contributed by atoms with Crippen LogP contribution in [0.4, 0.5) is 0 Å². The molecule has 0 unspecified atom stereocenters. The number of aliphatic hydroxyl groups excluding tert-OH is 1. The van der Waals surface area contributed by atoms with Gasteiger partial charge in [-0.05, 0) is 68.7 Å². The smallest absolute Gasteiger partial charge is 0.338 e. The number of benzene rings is 3. The second-order valence-corrected chi connectivity index (χ2v) is 19.2. The molecule has 3 aliphatic carbocycles. The van der Waals surface area contributed by atoms with Crippen LogP contribution in [0.5, 0.6) is 0 Å². The largest absolute Gasteiger partial charge is 0.458 e. The molecule has 16 nitrogen and oxygen atoms in total. The number of Topliss-reactive ketones (excluding diaryl/α,β-unsaturated/α-hetero) is 1. The standard InChI is InChI=1S/C53H59NO15/c1-9-38(56)67-43-40-30(4)35(65-49(62)42(58)41(32-19-13-10-14-20-32)54-47(60)33-21-15-11-16-22-33)27-53(63,50(40,6)7)46(68-48(61)34-23-17-12-18-24-34)44-51(8,45(43)59)36(66-39(57)25-29(2)3)26-37-52(44,28-64-37)69-31(5)55/h10-25,35-37,41-44,46,58,63H,9,26-28H2,1-8H3,(H,54,60)/t35-,36-,37+,41-,42+,43+,44-,46-,51+,52-,53+/m0/s1. The lowest BCUT2D eigenvalue weighted by molar-refractivity contribution is -0.346. The number of rotatable bonds is 13. The Balaban J connectivity index is 1.44. The molecule has 0 radical (unpaired) electrons. The van der Waals surface area contributed by atoms with Crippen LogP contribution >= 0.6 is 0 Å². The van der Waals surface area contributed by atoms with Gasteiger partial charge < -0.3 is 44.0 Å².